The van der Waals surface area contributed by atoms with Crippen LogP contribution in [-0.2, 0) is 0 Å². The normalized spacial score (nSPS) is 11.1. The fourth-order valence-corrected chi connectivity index (χ4v) is 2.88. The van der Waals surface area contributed by atoms with Crippen molar-refractivity contribution in [2.24, 2.45) is 0 Å². The van der Waals surface area contributed by atoms with Crippen molar-refractivity contribution in [3.05, 3.63) is 28.3 Å². The minimum atomic E-state index is 0.355. The van der Waals surface area contributed by atoms with Gasteiger partial charge in [-0.05, 0) is 36.8 Å². The number of aryl methyl sites for hydroxylation is 2. The molecule has 0 amide bonds. The standard InChI is InChI=1S/C13H17N3S/c1-7(2)10-9(4)15-13(16-12(10)14)11-8(3)5-6-17-11/h5-7H,1-4H3,(H2,14,15,16). The Kier molecular flexibility index (Phi) is 3.15. The summed E-state index contributed by atoms with van der Waals surface area (Å²) in [6.07, 6.45) is 0. The van der Waals surface area contributed by atoms with Crippen molar-refractivity contribution in [2.75, 3.05) is 5.73 Å². The zero-order chi connectivity index (χ0) is 12.6. The molecule has 0 bridgehead atoms. The number of hydrogen-bond acceptors (Lipinski definition) is 4. The Balaban J connectivity index is 2.57. The van der Waals surface area contributed by atoms with Gasteiger partial charge in [0, 0.05) is 11.3 Å². The van der Waals surface area contributed by atoms with Crippen LogP contribution in [0.1, 0.15) is 36.6 Å². The summed E-state index contributed by atoms with van der Waals surface area (Å²) in [7, 11) is 0. The molecule has 2 rings (SSSR count). The van der Waals surface area contributed by atoms with Crippen molar-refractivity contribution in [3.8, 4) is 10.7 Å². The highest BCUT2D eigenvalue weighted by Gasteiger charge is 2.14. The number of nitrogen functional groups attached to an aromatic ring is 1. The molecule has 0 aliphatic heterocycles. The van der Waals surface area contributed by atoms with E-state index >= 15 is 0 Å². The van der Waals surface area contributed by atoms with Gasteiger partial charge >= 0.3 is 0 Å². The first-order chi connectivity index (χ1) is 8.00. The molecule has 0 atom stereocenters. The maximum atomic E-state index is 6.03. The molecule has 2 heterocycles. The fourth-order valence-electron chi connectivity index (χ4n) is 2.02. The molecule has 0 aliphatic carbocycles. The molecule has 2 aromatic heterocycles. The zero-order valence-electron chi connectivity index (χ0n) is 10.6. The predicted molar refractivity (Wildman–Crippen MR) is 73.3 cm³/mol. The Labute approximate surface area is 106 Å². The van der Waals surface area contributed by atoms with Gasteiger partial charge in [-0.25, -0.2) is 9.97 Å². The molecular formula is C13H17N3S. The Morgan fingerprint density at radius 3 is 2.41 bits per heavy atom. The van der Waals surface area contributed by atoms with Crippen LogP contribution >= 0.6 is 11.3 Å². The van der Waals surface area contributed by atoms with Crippen LogP contribution in [0.15, 0.2) is 11.4 Å². The molecule has 90 valence electrons. The molecule has 0 aliphatic rings. The third-order valence-corrected chi connectivity index (χ3v) is 3.82. The lowest BCUT2D eigenvalue weighted by molar-refractivity contribution is 0.836. The second-order valence-electron chi connectivity index (χ2n) is 4.52. The molecule has 2 aromatic rings. The summed E-state index contributed by atoms with van der Waals surface area (Å²) in [4.78, 5) is 10.1. The van der Waals surface area contributed by atoms with Crippen molar-refractivity contribution in [3.63, 3.8) is 0 Å². The number of aromatic nitrogens is 2. The van der Waals surface area contributed by atoms with Crippen molar-refractivity contribution >= 4 is 17.2 Å². The lowest BCUT2D eigenvalue weighted by Gasteiger charge is -2.12. The van der Waals surface area contributed by atoms with Gasteiger partial charge in [-0.1, -0.05) is 13.8 Å². The smallest absolute Gasteiger partial charge is 0.172 e. The molecule has 17 heavy (non-hydrogen) atoms. The van der Waals surface area contributed by atoms with E-state index in [0.717, 1.165) is 22.0 Å². The number of thiophene rings is 1. The highest BCUT2D eigenvalue weighted by molar-refractivity contribution is 7.13. The van der Waals surface area contributed by atoms with Crippen LogP contribution in [0.2, 0.25) is 0 Å². The van der Waals surface area contributed by atoms with E-state index in [1.165, 1.54) is 5.56 Å². The fraction of sp³-hybridized carbons (Fsp3) is 0.385. The number of nitrogens with two attached hydrogens (primary N) is 1. The summed E-state index contributed by atoms with van der Waals surface area (Å²) in [5, 5.41) is 2.05. The molecule has 0 fully saturated rings. The minimum absolute atomic E-state index is 0.355. The topological polar surface area (TPSA) is 51.8 Å². The summed E-state index contributed by atoms with van der Waals surface area (Å²) >= 11 is 1.65. The predicted octanol–water partition coefficient (Wildman–Crippen LogP) is 3.53. The average Bonchev–Trinajstić information content (AvgIpc) is 2.62. The van der Waals surface area contributed by atoms with E-state index in [1.54, 1.807) is 11.3 Å². The summed E-state index contributed by atoms with van der Waals surface area (Å²) in [6.45, 7) is 8.28. The quantitative estimate of drug-likeness (QED) is 0.883. The maximum absolute atomic E-state index is 6.03. The molecule has 0 unspecified atom stereocenters. The average molecular weight is 247 g/mol. The lowest BCUT2D eigenvalue weighted by atomic mass is 10.0. The maximum Gasteiger partial charge on any atom is 0.172 e. The number of rotatable bonds is 2. The monoisotopic (exact) mass is 247 g/mol. The second-order valence-corrected chi connectivity index (χ2v) is 5.44. The first-order valence-electron chi connectivity index (χ1n) is 5.69. The van der Waals surface area contributed by atoms with Crippen LogP contribution < -0.4 is 5.73 Å². The van der Waals surface area contributed by atoms with Gasteiger partial charge in [0.25, 0.3) is 0 Å². The highest BCUT2D eigenvalue weighted by Crippen LogP contribution is 2.30. The SMILES string of the molecule is Cc1ccsc1-c1nc(C)c(C(C)C)c(N)n1. The molecule has 0 saturated carbocycles. The van der Waals surface area contributed by atoms with Crippen LogP contribution in [0.4, 0.5) is 5.82 Å². The minimum Gasteiger partial charge on any atom is -0.383 e. The van der Waals surface area contributed by atoms with Gasteiger partial charge in [0.2, 0.25) is 0 Å². The van der Waals surface area contributed by atoms with E-state index < -0.39 is 0 Å². The van der Waals surface area contributed by atoms with E-state index in [1.807, 2.05) is 6.92 Å². The van der Waals surface area contributed by atoms with E-state index in [0.29, 0.717) is 11.7 Å². The Morgan fingerprint density at radius 1 is 1.24 bits per heavy atom. The van der Waals surface area contributed by atoms with Gasteiger partial charge < -0.3 is 5.73 Å². The molecule has 3 nitrogen and oxygen atoms in total. The zero-order valence-corrected chi connectivity index (χ0v) is 11.4. The van der Waals surface area contributed by atoms with E-state index in [2.05, 4.69) is 42.2 Å². The van der Waals surface area contributed by atoms with Gasteiger partial charge in [0.05, 0.1) is 4.88 Å². The largest absolute Gasteiger partial charge is 0.383 e. The first-order valence-corrected chi connectivity index (χ1v) is 6.57. The van der Waals surface area contributed by atoms with Gasteiger partial charge in [0.15, 0.2) is 5.82 Å². The van der Waals surface area contributed by atoms with Crippen LogP contribution in [0, 0.1) is 13.8 Å². The van der Waals surface area contributed by atoms with Crippen LogP contribution in [0.5, 0.6) is 0 Å². The Bertz CT molecular complexity index is 520. The third kappa shape index (κ3) is 2.17. The molecule has 4 heteroatoms. The molecule has 0 radical (unpaired) electrons. The molecule has 0 spiro atoms. The highest BCUT2D eigenvalue weighted by atomic mass is 32.1. The Hall–Kier alpha value is -1.42. The third-order valence-electron chi connectivity index (χ3n) is 2.81. The van der Waals surface area contributed by atoms with Gasteiger partial charge in [0.1, 0.15) is 5.82 Å². The number of hydrogen-bond donors (Lipinski definition) is 1. The Morgan fingerprint density at radius 2 is 1.94 bits per heavy atom. The van der Waals surface area contributed by atoms with Gasteiger partial charge in [-0.3, -0.25) is 0 Å². The van der Waals surface area contributed by atoms with Crippen molar-refractivity contribution in [2.45, 2.75) is 33.6 Å². The van der Waals surface area contributed by atoms with Crippen LogP contribution in [-0.4, -0.2) is 9.97 Å². The molecule has 0 aromatic carbocycles. The summed E-state index contributed by atoms with van der Waals surface area (Å²) in [5.74, 6) is 1.71. The summed E-state index contributed by atoms with van der Waals surface area (Å²) in [6, 6.07) is 2.07. The van der Waals surface area contributed by atoms with E-state index in [9.17, 15) is 0 Å². The molecule has 0 saturated heterocycles. The number of nitrogens with zero attached hydrogens (tertiary/aromatic N) is 2. The van der Waals surface area contributed by atoms with Crippen LogP contribution in [0.25, 0.3) is 10.7 Å². The van der Waals surface area contributed by atoms with Gasteiger partial charge in [-0.2, -0.15) is 0 Å². The van der Waals surface area contributed by atoms with E-state index in [4.69, 9.17) is 5.73 Å². The van der Waals surface area contributed by atoms with Crippen molar-refractivity contribution in [1.82, 2.24) is 9.97 Å². The summed E-state index contributed by atoms with van der Waals surface area (Å²) < 4.78 is 0. The van der Waals surface area contributed by atoms with Gasteiger partial charge in [-0.15, -0.1) is 11.3 Å². The second kappa shape index (κ2) is 4.45. The summed E-state index contributed by atoms with van der Waals surface area (Å²) in [5.41, 5.74) is 9.27. The van der Waals surface area contributed by atoms with E-state index in [-0.39, 0.29) is 0 Å². The number of anilines is 1. The molecule has 2 N–H and O–H groups in total. The van der Waals surface area contributed by atoms with Crippen molar-refractivity contribution in [1.29, 1.82) is 0 Å². The van der Waals surface area contributed by atoms with Crippen molar-refractivity contribution < 1.29 is 0 Å². The lowest BCUT2D eigenvalue weighted by Crippen LogP contribution is -2.06. The molecular weight excluding hydrogens is 230 g/mol. The van der Waals surface area contributed by atoms with Crippen LogP contribution in [0.3, 0.4) is 0 Å². The first kappa shape index (κ1) is 12.0.